The molecule has 0 N–H and O–H groups in total. The van der Waals surface area contributed by atoms with Crippen molar-refractivity contribution in [1.82, 2.24) is 0 Å². The van der Waals surface area contributed by atoms with Crippen molar-refractivity contribution < 1.29 is 0 Å². The second kappa shape index (κ2) is 2.92. The zero-order valence-electron chi connectivity index (χ0n) is 6.86. The molecule has 0 aliphatic rings. The van der Waals surface area contributed by atoms with Gasteiger partial charge in [-0.05, 0) is 19.8 Å². The highest BCUT2D eigenvalue weighted by molar-refractivity contribution is 5.02. The van der Waals surface area contributed by atoms with Crippen LogP contribution in [0.25, 0.3) is 0 Å². The van der Waals surface area contributed by atoms with Crippen molar-refractivity contribution in [1.29, 1.82) is 0 Å². The molecule has 0 nitrogen and oxygen atoms in total. The Morgan fingerprint density at radius 1 is 1.56 bits per heavy atom. The van der Waals surface area contributed by atoms with Gasteiger partial charge >= 0.3 is 0 Å². The summed E-state index contributed by atoms with van der Waals surface area (Å²) < 4.78 is 0. The second-order valence-electron chi connectivity index (χ2n) is 3.18. The van der Waals surface area contributed by atoms with E-state index in [2.05, 4.69) is 33.6 Å². The fourth-order valence-electron chi connectivity index (χ4n) is 0.653. The summed E-state index contributed by atoms with van der Waals surface area (Å²) in [4.78, 5) is 0. The van der Waals surface area contributed by atoms with E-state index in [-0.39, 0.29) is 5.41 Å². The van der Waals surface area contributed by atoms with Crippen LogP contribution in [0.15, 0.2) is 0 Å². The third-order valence-corrected chi connectivity index (χ3v) is 2.22. The van der Waals surface area contributed by atoms with Gasteiger partial charge in [-0.3, -0.25) is 0 Å². The zero-order valence-corrected chi connectivity index (χ0v) is 6.86. The van der Waals surface area contributed by atoms with E-state index in [1.165, 1.54) is 0 Å². The summed E-state index contributed by atoms with van der Waals surface area (Å²) >= 11 is 0. The maximum absolute atomic E-state index is 5.33. The first kappa shape index (κ1) is 8.56. The van der Waals surface area contributed by atoms with Gasteiger partial charge in [0.15, 0.2) is 0 Å². The zero-order chi connectivity index (χ0) is 7.49. The van der Waals surface area contributed by atoms with Gasteiger partial charge in [0, 0.05) is 5.41 Å². The van der Waals surface area contributed by atoms with Gasteiger partial charge in [0.1, 0.15) is 0 Å². The summed E-state index contributed by atoms with van der Waals surface area (Å²) in [5.74, 6) is 3.42. The molecule has 0 aliphatic heterocycles. The predicted molar refractivity (Wildman–Crippen MR) is 42.1 cm³/mol. The maximum atomic E-state index is 5.33. The van der Waals surface area contributed by atoms with Crippen LogP contribution in [-0.4, -0.2) is 0 Å². The standard InChI is InChI=1S/C9H16/c1-6-8(3)9(4,5)7-2/h2,8H,6H2,1,3-5H3. The summed E-state index contributed by atoms with van der Waals surface area (Å²) in [6, 6.07) is 0. The van der Waals surface area contributed by atoms with Crippen molar-refractivity contribution in [3.63, 3.8) is 0 Å². The van der Waals surface area contributed by atoms with E-state index >= 15 is 0 Å². The smallest absolute Gasteiger partial charge is 0.0281 e. The molecule has 1 atom stereocenters. The first-order chi connectivity index (χ1) is 4.04. The molecule has 0 saturated carbocycles. The van der Waals surface area contributed by atoms with Crippen LogP contribution in [0.2, 0.25) is 0 Å². The molecule has 0 aliphatic carbocycles. The highest BCUT2D eigenvalue weighted by atomic mass is 14.2. The van der Waals surface area contributed by atoms with Crippen molar-refractivity contribution >= 4 is 0 Å². The molecule has 0 bridgehead atoms. The number of terminal acetylenes is 1. The fourth-order valence-corrected chi connectivity index (χ4v) is 0.653. The second-order valence-corrected chi connectivity index (χ2v) is 3.18. The van der Waals surface area contributed by atoms with E-state index in [0.29, 0.717) is 5.92 Å². The number of hydrogen-bond donors (Lipinski definition) is 0. The van der Waals surface area contributed by atoms with Gasteiger partial charge in [0.05, 0.1) is 0 Å². The Hall–Kier alpha value is -0.440. The third-order valence-electron chi connectivity index (χ3n) is 2.22. The molecular weight excluding hydrogens is 108 g/mol. The van der Waals surface area contributed by atoms with Crippen LogP contribution in [0, 0.1) is 23.7 Å². The van der Waals surface area contributed by atoms with Crippen LogP contribution < -0.4 is 0 Å². The maximum Gasteiger partial charge on any atom is 0.0281 e. The molecule has 0 saturated heterocycles. The minimum absolute atomic E-state index is 0.0781. The molecule has 1 unspecified atom stereocenters. The first-order valence-electron chi connectivity index (χ1n) is 3.52. The molecule has 0 rings (SSSR count). The molecule has 0 aromatic carbocycles. The monoisotopic (exact) mass is 124 g/mol. The predicted octanol–water partition coefficient (Wildman–Crippen LogP) is 2.69. The van der Waals surface area contributed by atoms with E-state index in [4.69, 9.17) is 6.42 Å². The Balaban J connectivity index is 4.01. The van der Waals surface area contributed by atoms with Crippen LogP contribution in [0.3, 0.4) is 0 Å². The van der Waals surface area contributed by atoms with E-state index in [0.717, 1.165) is 6.42 Å². The van der Waals surface area contributed by atoms with Gasteiger partial charge < -0.3 is 0 Å². The summed E-state index contributed by atoms with van der Waals surface area (Å²) in [6.07, 6.45) is 6.50. The SMILES string of the molecule is C#CC(C)(C)C(C)CC. The summed E-state index contributed by atoms with van der Waals surface area (Å²) in [5.41, 5.74) is 0.0781. The fraction of sp³-hybridized carbons (Fsp3) is 0.778. The third kappa shape index (κ3) is 2.10. The van der Waals surface area contributed by atoms with E-state index in [9.17, 15) is 0 Å². The molecule has 52 valence electrons. The summed E-state index contributed by atoms with van der Waals surface area (Å²) in [6.45, 7) is 8.59. The lowest BCUT2D eigenvalue weighted by Gasteiger charge is -2.24. The summed E-state index contributed by atoms with van der Waals surface area (Å²) in [7, 11) is 0. The number of hydrogen-bond acceptors (Lipinski definition) is 0. The van der Waals surface area contributed by atoms with Crippen LogP contribution in [-0.2, 0) is 0 Å². The van der Waals surface area contributed by atoms with Gasteiger partial charge in [-0.2, -0.15) is 0 Å². The van der Waals surface area contributed by atoms with Crippen molar-refractivity contribution in [2.45, 2.75) is 34.1 Å². The van der Waals surface area contributed by atoms with Crippen molar-refractivity contribution in [2.24, 2.45) is 11.3 Å². The van der Waals surface area contributed by atoms with Crippen LogP contribution >= 0.6 is 0 Å². The van der Waals surface area contributed by atoms with Crippen LogP contribution in [0.4, 0.5) is 0 Å². The summed E-state index contributed by atoms with van der Waals surface area (Å²) in [5, 5.41) is 0. The van der Waals surface area contributed by atoms with Crippen molar-refractivity contribution in [3.8, 4) is 12.3 Å². The number of rotatable bonds is 2. The van der Waals surface area contributed by atoms with Gasteiger partial charge in [0.25, 0.3) is 0 Å². The Morgan fingerprint density at radius 2 is 2.00 bits per heavy atom. The average Bonchev–Trinajstić information content (AvgIpc) is 1.86. The average molecular weight is 124 g/mol. The molecule has 0 amide bonds. The van der Waals surface area contributed by atoms with Gasteiger partial charge in [0.2, 0.25) is 0 Å². The lowest BCUT2D eigenvalue weighted by Crippen LogP contribution is -2.18. The topological polar surface area (TPSA) is 0 Å². The Bertz CT molecular complexity index is 114. The van der Waals surface area contributed by atoms with E-state index in [1.807, 2.05) is 0 Å². The lowest BCUT2D eigenvalue weighted by molar-refractivity contribution is 0.314. The highest BCUT2D eigenvalue weighted by Gasteiger charge is 2.20. The molecular formula is C9H16. The lowest BCUT2D eigenvalue weighted by atomic mass is 9.79. The molecule has 0 radical (unpaired) electrons. The molecule has 0 aromatic heterocycles. The van der Waals surface area contributed by atoms with E-state index in [1.54, 1.807) is 0 Å². The molecule has 0 heteroatoms. The molecule has 0 spiro atoms. The van der Waals surface area contributed by atoms with Crippen molar-refractivity contribution in [2.75, 3.05) is 0 Å². The Kier molecular flexibility index (Phi) is 2.77. The molecule has 0 aromatic rings. The minimum Gasteiger partial charge on any atom is -0.120 e. The Morgan fingerprint density at radius 3 is 2.11 bits per heavy atom. The minimum atomic E-state index is 0.0781. The normalized spacial score (nSPS) is 14.6. The van der Waals surface area contributed by atoms with Crippen LogP contribution in [0.1, 0.15) is 34.1 Å². The van der Waals surface area contributed by atoms with Gasteiger partial charge in [-0.25, -0.2) is 0 Å². The highest BCUT2D eigenvalue weighted by Crippen LogP contribution is 2.27. The molecule has 0 heterocycles. The first-order valence-corrected chi connectivity index (χ1v) is 3.52. The quantitative estimate of drug-likeness (QED) is 0.496. The van der Waals surface area contributed by atoms with Crippen LogP contribution in [0.5, 0.6) is 0 Å². The van der Waals surface area contributed by atoms with Gasteiger partial charge in [-0.15, -0.1) is 12.3 Å². The Labute approximate surface area is 58.7 Å². The van der Waals surface area contributed by atoms with E-state index < -0.39 is 0 Å². The largest absolute Gasteiger partial charge is 0.120 e. The van der Waals surface area contributed by atoms with Gasteiger partial charge in [-0.1, -0.05) is 20.3 Å². The molecule has 9 heavy (non-hydrogen) atoms. The molecule has 0 fully saturated rings. The van der Waals surface area contributed by atoms with Crippen molar-refractivity contribution in [3.05, 3.63) is 0 Å².